The van der Waals surface area contributed by atoms with Crippen molar-refractivity contribution in [3.8, 4) is 5.75 Å². The largest absolute Gasteiger partial charge is 0.488 e. The van der Waals surface area contributed by atoms with Crippen LogP contribution in [0, 0.1) is 5.82 Å². The van der Waals surface area contributed by atoms with Gasteiger partial charge in [0.1, 0.15) is 29.8 Å². The quantitative estimate of drug-likeness (QED) is 0.751. The molecule has 5 nitrogen and oxygen atoms in total. The van der Waals surface area contributed by atoms with Crippen molar-refractivity contribution in [1.82, 2.24) is 9.97 Å². The van der Waals surface area contributed by atoms with E-state index in [1.165, 1.54) is 18.5 Å². The first-order valence-electron chi connectivity index (χ1n) is 7.90. The first kappa shape index (κ1) is 16.1. The summed E-state index contributed by atoms with van der Waals surface area (Å²) < 4.78 is 24.6. The molecule has 1 fully saturated rings. The first-order valence-corrected chi connectivity index (χ1v) is 8.28. The number of halogens is 2. The predicted molar refractivity (Wildman–Crippen MR) is 94.1 cm³/mol. The second-order valence-electron chi connectivity index (χ2n) is 5.76. The van der Waals surface area contributed by atoms with Gasteiger partial charge in [0.2, 0.25) is 0 Å². The molecule has 1 N–H and O–H groups in total. The van der Waals surface area contributed by atoms with Crippen molar-refractivity contribution in [2.24, 2.45) is 0 Å². The van der Waals surface area contributed by atoms with Crippen LogP contribution in [0.5, 0.6) is 5.75 Å². The number of benzene rings is 2. The van der Waals surface area contributed by atoms with Gasteiger partial charge in [0.15, 0.2) is 0 Å². The lowest BCUT2D eigenvalue weighted by molar-refractivity contribution is 0.141. The molecule has 1 saturated heterocycles. The molecule has 0 unspecified atom stereocenters. The molecule has 4 rings (SSSR count). The zero-order valence-corrected chi connectivity index (χ0v) is 14.0. The third kappa shape index (κ3) is 3.50. The molecule has 0 amide bonds. The van der Waals surface area contributed by atoms with E-state index in [-0.39, 0.29) is 11.1 Å². The van der Waals surface area contributed by atoms with Gasteiger partial charge >= 0.3 is 0 Å². The number of nitrogens with one attached hydrogen (secondary N) is 1. The number of fused-ring (bicyclic) bond motifs is 1. The summed E-state index contributed by atoms with van der Waals surface area (Å²) in [5.74, 6) is 0.869. The van der Waals surface area contributed by atoms with Crippen molar-refractivity contribution in [3.63, 3.8) is 0 Å². The van der Waals surface area contributed by atoms with Gasteiger partial charge in [0, 0.05) is 17.5 Å². The van der Waals surface area contributed by atoms with E-state index in [9.17, 15) is 4.39 Å². The van der Waals surface area contributed by atoms with Crippen LogP contribution in [0.25, 0.3) is 10.9 Å². The third-order valence-corrected chi connectivity index (χ3v) is 4.27. The lowest BCUT2D eigenvalue weighted by Crippen LogP contribution is -2.15. The van der Waals surface area contributed by atoms with Crippen molar-refractivity contribution in [2.75, 3.05) is 18.5 Å². The second-order valence-corrected chi connectivity index (χ2v) is 6.17. The zero-order chi connectivity index (χ0) is 17.2. The second kappa shape index (κ2) is 6.82. The van der Waals surface area contributed by atoms with Gasteiger partial charge in [-0.2, -0.15) is 0 Å². The van der Waals surface area contributed by atoms with E-state index in [0.29, 0.717) is 18.1 Å². The monoisotopic (exact) mass is 359 g/mol. The number of aromatic nitrogens is 2. The van der Waals surface area contributed by atoms with Gasteiger partial charge in [0.25, 0.3) is 0 Å². The third-order valence-electron chi connectivity index (χ3n) is 3.98. The van der Waals surface area contributed by atoms with Crippen LogP contribution in [0.15, 0.2) is 42.7 Å². The molecule has 0 bridgehead atoms. The minimum atomic E-state index is -0.464. The summed E-state index contributed by atoms with van der Waals surface area (Å²) >= 11 is 5.84. The Morgan fingerprint density at radius 1 is 1.20 bits per heavy atom. The minimum Gasteiger partial charge on any atom is -0.488 e. The standard InChI is InChI=1S/C18H15ClFN3O2/c19-15-7-11(1-3-16(15)20)23-18-14-8-12(25-13-5-6-24-9-13)2-4-17(14)21-10-22-18/h1-4,7-8,10,13H,5-6,9H2,(H,21,22,23)/t13-/m0/s1. The highest BCUT2D eigenvalue weighted by Gasteiger charge is 2.17. The van der Waals surface area contributed by atoms with Gasteiger partial charge < -0.3 is 14.8 Å². The van der Waals surface area contributed by atoms with Crippen LogP contribution >= 0.6 is 11.6 Å². The van der Waals surface area contributed by atoms with Crippen molar-refractivity contribution in [1.29, 1.82) is 0 Å². The minimum absolute atomic E-state index is 0.0496. The summed E-state index contributed by atoms with van der Waals surface area (Å²) in [6, 6.07) is 10.1. The fourth-order valence-electron chi connectivity index (χ4n) is 2.72. The SMILES string of the molecule is Fc1ccc(Nc2ncnc3ccc(O[C@H]4CCOC4)cc23)cc1Cl. The fourth-order valence-corrected chi connectivity index (χ4v) is 2.90. The zero-order valence-electron chi connectivity index (χ0n) is 13.2. The molecule has 25 heavy (non-hydrogen) atoms. The van der Waals surface area contributed by atoms with E-state index in [2.05, 4.69) is 15.3 Å². The van der Waals surface area contributed by atoms with Crippen molar-refractivity contribution in [3.05, 3.63) is 53.6 Å². The highest BCUT2D eigenvalue weighted by molar-refractivity contribution is 6.31. The molecular formula is C18H15ClFN3O2. The van der Waals surface area contributed by atoms with Crippen LogP contribution in [-0.2, 0) is 4.74 Å². The molecule has 1 atom stereocenters. The Bertz CT molecular complexity index is 916. The van der Waals surface area contributed by atoms with E-state index in [1.54, 1.807) is 6.07 Å². The Labute approximate surface area is 148 Å². The van der Waals surface area contributed by atoms with E-state index in [4.69, 9.17) is 21.1 Å². The smallest absolute Gasteiger partial charge is 0.141 e. The number of hydrogen-bond donors (Lipinski definition) is 1. The maximum atomic E-state index is 13.3. The Morgan fingerprint density at radius 2 is 2.12 bits per heavy atom. The molecule has 0 aliphatic carbocycles. The molecule has 2 aromatic carbocycles. The molecule has 0 radical (unpaired) electrons. The van der Waals surface area contributed by atoms with Crippen LogP contribution in [-0.4, -0.2) is 29.3 Å². The summed E-state index contributed by atoms with van der Waals surface area (Å²) in [4.78, 5) is 8.56. The van der Waals surface area contributed by atoms with Crippen molar-refractivity contribution >= 4 is 34.0 Å². The Kier molecular flexibility index (Phi) is 4.38. The Balaban J connectivity index is 1.66. The van der Waals surface area contributed by atoms with Crippen LogP contribution in [0.3, 0.4) is 0 Å². The lowest BCUT2D eigenvalue weighted by atomic mass is 10.2. The molecule has 128 valence electrons. The summed E-state index contributed by atoms with van der Waals surface area (Å²) in [5, 5.41) is 4.01. The maximum Gasteiger partial charge on any atom is 0.141 e. The van der Waals surface area contributed by atoms with Crippen molar-refractivity contribution in [2.45, 2.75) is 12.5 Å². The molecule has 0 spiro atoms. The molecule has 1 aliphatic rings. The molecule has 7 heteroatoms. The number of ether oxygens (including phenoxy) is 2. The maximum absolute atomic E-state index is 13.3. The molecule has 1 aromatic heterocycles. The summed E-state index contributed by atoms with van der Waals surface area (Å²) in [6.45, 7) is 1.32. The van der Waals surface area contributed by atoms with Gasteiger partial charge in [0.05, 0.1) is 23.8 Å². The number of nitrogens with zero attached hydrogens (tertiary/aromatic N) is 2. The van der Waals surface area contributed by atoms with Gasteiger partial charge in [-0.05, 0) is 36.4 Å². The van der Waals surface area contributed by atoms with E-state index in [1.807, 2.05) is 18.2 Å². The van der Waals surface area contributed by atoms with Crippen LogP contribution < -0.4 is 10.1 Å². The van der Waals surface area contributed by atoms with Crippen molar-refractivity contribution < 1.29 is 13.9 Å². The molecule has 0 saturated carbocycles. The van der Waals surface area contributed by atoms with Crippen LogP contribution in [0.1, 0.15) is 6.42 Å². The van der Waals surface area contributed by atoms with Gasteiger partial charge in [-0.15, -0.1) is 0 Å². The highest BCUT2D eigenvalue weighted by Crippen LogP contribution is 2.29. The van der Waals surface area contributed by atoms with E-state index >= 15 is 0 Å². The topological polar surface area (TPSA) is 56.3 Å². The van der Waals surface area contributed by atoms with Crippen LogP contribution in [0.4, 0.5) is 15.9 Å². The lowest BCUT2D eigenvalue weighted by Gasteiger charge is -2.13. The Hall–Kier alpha value is -2.44. The van der Waals surface area contributed by atoms with Gasteiger partial charge in [-0.3, -0.25) is 0 Å². The van der Waals surface area contributed by atoms with Gasteiger partial charge in [-0.25, -0.2) is 14.4 Å². The summed E-state index contributed by atoms with van der Waals surface area (Å²) in [6.07, 6.45) is 2.42. The van der Waals surface area contributed by atoms with E-state index in [0.717, 1.165) is 29.7 Å². The van der Waals surface area contributed by atoms with Gasteiger partial charge in [-0.1, -0.05) is 11.6 Å². The fraction of sp³-hybridized carbons (Fsp3) is 0.222. The van der Waals surface area contributed by atoms with E-state index < -0.39 is 5.82 Å². The van der Waals surface area contributed by atoms with Crippen LogP contribution in [0.2, 0.25) is 5.02 Å². The molecule has 1 aliphatic heterocycles. The normalized spacial score (nSPS) is 17.0. The number of rotatable bonds is 4. The number of hydrogen-bond acceptors (Lipinski definition) is 5. The average molecular weight is 360 g/mol. The summed E-state index contributed by atoms with van der Waals surface area (Å²) in [5.41, 5.74) is 1.42. The first-order chi connectivity index (χ1) is 12.2. The number of anilines is 2. The highest BCUT2D eigenvalue weighted by atomic mass is 35.5. The molecule has 3 aromatic rings. The average Bonchev–Trinajstić information content (AvgIpc) is 3.12. The molecule has 2 heterocycles. The predicted octanol–water partition coefficient (Wildman–Crippen LogP) is 4.33. The Morgan fingerprint density at radius 3 is 2.92 bits per heavy atom. The molecular weight excluding hydrogens is 345 g/mol. The summed E-state index contributed by atoms with van der Waals surface area (Å²) in [7, 11) is 0.